The van der Waals surface area contributed by atoms with Gasteiger partial charge in [-0.25, -0.2) is 4.98 Å². The van der Waals surface area contributed by atoms with Gasteiger partial charge in [0.2, 0.25) is 5.88 Å². The zero-order valence-corrected chi connectivity index (χ0v) is 12.3. The molecule has 5 heteroatoms. The molecule has 0 fully saturated rings. The smallest absolute Gasteiger partial charge is 0.222 e. The number of ether oxygens (including phenoxy) is 1. The number of pyridine rings is 1. The van der Waals surface area contributed by atoms with Gasteiger partial charge in [0.15, 0.2) is 5.75 Å². The van der Waals surface area contributed by atoms with Gasteiger partial charge in [-0.15, -0.1) is 0 Å². The molecule has 2 rings (SSSR count). The summed E-state index contributed by atoms with van der Waals surface area (Å²) >= 11 is 0. The molecule has 2 N–H and O–H groups in total. The molecule has 2 aromatic rings. The molecule has 0 amide bonds. The van der Waals surface area contributed by atoms with Crippen LogP contribution in [0.1, 0.15) is 31.4 Å². The predicted molar refractivity (Wildman–Crippen MR) is 78.9 cm³/mol. The third-order valence-electron chi connectivity index (χ3n) is 3.26. The van der Waals surface area contributed by atoms with Crippen LogP contribution in [0.3, 0.4) is 0 Å². The van der Waals surface area contributed by atoms with Crippen LogP contribution in [0.25, 0.3) is 0 Å². The Bertz CT molecular complexity index is 565. The third-order valence-corrected chi connectivity index (χ3v) is 3.26. The van der Waals surface area contributed by atoms with E-state index in [1.165, 1.54) is 0 Å². The highest BCUT2D eigenvalue weighted by atomic mass is 16.5. The Balaban J connectivity index is 2.09. The van der Waals surface area contributed by atoms with Gasteiger partial charge in [-0.1, -0.05) is 6.92 Å². The summed E-state index contributed by atoms with van der Waals surface area (Å²) in [7, 11) is 0. The van der Waals surface area contributed by atoms with Crippen molar-refractivity contribution >= 4 is 0 Å². The second-order valence-electron chi connectivity index (χ2n) is 4.97. The third kappa shape index (κ3) is 3.57. The Hall–Kier alpha value is -1.88. The van der Waals surface area contributed by atoms with Crippen LogP contribution in [0.4, 0.5) is 0 Å². The van der Waals surface area contributed by atoms with E-state index < -0.39 is 0 Å². The number of nitrogens with zero attached hydrogens (tertiary/aromatic N) is 3. The monoisotopic (exact) mass is 274 g/mol. The summed E-state index contributed by atoms with van der Waals surface area (Å²) in [6.07, 6.45) is 7.21. The first-order valence-corrected chi connectivity index (χ1v) is 7.03. The van der Waals surface area contributed by atoms with Gasteiger partial charge < -0.3 is 10.5 Å². The summed E-state index contributed by atoms with van der Waals surface area (Å²) in [5, 5.41) is 4.18. The van der Waals surface area contributed by atoms with Gasteiger partial charge in [-0.05, 0) is 38.3 Å². The number of hydrogen-bond acceptors (Lipinski definition) is 4. The first kappa shape index (κ1) is 14.5. The largest absolute Gasteiger partial charge is 0.435 e. The second-order valence-corrected chi connectivity index (χ2v) is 4.97. The maximum atomic E-state index is 5.96. The molecule has 1 atom stereocenters. The topological polar surface area (TPSA) is 66.0 Å². The van der Waals surface area contributed by atoms with Crippen molar-refractivity contribution in [3.63, 3.8) is 0 Å². The van der Waals surface area contributed by atoms with Crippen LogP contribution < -0.4 is 10.5 Å². The van der Waals surface area contributed by atoms with Crippen LogP contribution >= 0.6 is 0 Å². The van der Waals surface area contributed by atoms with Gasteiger partial charge in [0.05, 0.1) is 12.4 Å². The van der Waals surface area contributed by atoms with Crippen molar-refractivity contribution in [2.45, 2.75) is 46.2 Å². The lowest BCUT2D eigenvalue weighted by atomic mass is 10.1. The van der Waals surface area contributed by atoms with Gasteiger partial charge in [0.1, 0.15) is 0 Å². The molecule has 108 valence electrons. The van der Waals surface area contributed by atoms with Crippen LogP contribution in [0, 0.1) is 6.92 Å². The Kier molecular flexibility index (Phi) is 4.74. The number of aromatic nitrogens is 3. The molecule has 0 aliphatic rings. The van der Waals surface area contributed by atoms with E-state index in [-0.39, 0.29) is 6.04 Å². The fraction of sp³-hybridized carbons (Fsp3) is 0.467. The number of hydrogen-bond donors (Lipinski definition) is 1. The molecule has 0 saturated heterocycles. The molecule has 0 aliphatic carbocycles. The van der Waals surface area contributed by atoms with Crippen molar-refractivity contribution in [2.75, 3.05) is 0 Å². The van der Waals surface area contributed by atoms with Crippen LogP contribution in [0.15, 0.2) is 24.7 Å². The minimum absolute atomic E-state index is 0.186. The average molecular weight is 274 g/mol. The standard InChI is InChI=1S/C15H22N4O/c1-4-13(16)7-12-6-11(3)15(17-8-12)20-14-9-18-19(5-2)10-14/h6,8-10,13H,4-5,7,16H2,1-3H3. The number of rotatable bonds is 6. The van der Waals surface area contributed by atoms with Crippen molar-refractivity contribution in [3.05, 3.63) is 35.8 Å². The van der Waals surface area contributed by atoms with Crippen molar-refractivity contribution in [1.82, 2.24) is 14.8 Å². The van der Waals surface area contributed by atoms with Crippen molar-refractivity contribution in [3.8, 4) is 11.6 Å². The van der Waals surface area contributed by atoms with E-state index >= 15 is 0 Å². The van der Waals surface area contributed by atoms with E-state index in [0.29, 0.717) is 11.6 Å². The normalized spacial score (nSPS) is 12.4. The number of aryl methyl sites for hydroxylation is 2. The first-order chi connectivity index (χ1) is 9.62. The molecular formula is C15H22N4O. The van der Waals surface area contributed by atoms with E-state index in [4.69, 9.17) is 10.5 Å². The van der Waals surface area contributed by atoms with Gasteiger partial charge in [-0.3, -0.25) is 4.68 Å². The SMILES string of the molecule is CCC(N)Cc1cnc(Oc2cnn(CC)c2)c(C)c1. The van der Waals surface area contributed by atoms with Crippen LogP contribution in [-0.2, 0) is 13.0 Å². The molecule has 1 unspecified atom stereocenters. The Labute approximate surface area is 119 Å². The average Bonchev–Trinajstić information content (AvgIpc) is 2.89. The Morgan fingerprint density at radius 3 is 2.75 bits per heavy atom. The van der Waals surface area contributed by atoms with Gasteiger partial charge >= 0.3 is 0 Å². The molecule has 0 spiro atoms. The Morgan fingerprint density at radius 2 is 2.15 bits per heavy atom. The fourth-order valence-electron chi connectivity index (χ4n) is 1.97. The highest BCUT2D eigenvalue weighted by Gasteiger charge is 2.08. The van der Waals surface area contributed by atoms with E-state index in [1.54, 1.807) is 6.20 Å². The highest BCUT2D eigenvalue weighted by molar-refractivity contribution is 5.32. The van der Waals surface area contributed by atoms with Crippen LogP contribution in [0.5, 0.6) is 11.6 Å². The maximum absolute atomic E-state index is 5.96. The lowest BCUT2D eigenvalue weighted by Gasteiger charge is -2.11. The molecule has 0 aromatic carbocycles. The molecular weight excluding hydrogens is 252 g/mol. The quantitative estimate of drug-likeness (QED) is 0.879. The van der Waals surface area contributed by atoms with E-state index in [0.717, 1.165) is 30.5 Å². The highest BCUT2D eigenvalue weighted by Crippen LogP contribution is 2.23. The molecule has 0 aliphatic heterocycles. The summed E-state index contributed by atoms with van der Waals surface area (Å²) in [6.45, 7) is 6.94. The molecule has 0 saturated carbocycles. The summed E-state index contributed by atoms with van der Waals surface area (Å²) in [5.74, 6) is 1.33. The zero-order valence-electron chi connectivity index (χ0n) is 12.3. The molecule has 20 heavy (non-hydrogen) atoms. The maximum Gasteiger partial charge on any atom is 0.222 e. The van der Waals surface area contributed by atoms with E-state index in [2.05, 4.69) is 23.1 Å². The van der Waals surface area contributed by atoms with Crippen LogP contribution in [-0.4, -0.2) is 20.8 Å². The summed E-state index contributed by atoms with van der Waals surface area (Å²) < 4.78 is 7.57. The zero-order chi connectivity index (χ0) is 14.5. The Morgan fingerprint density at radius 1 is 1.35 bits per heavy atom. The van der Waals surface area contributed by atoms with Crippen LogP contribution in [0.2, 0.25) is 0 Å². The fourth-order valence-corrected chi connectivity index (χ4v) is 1.97. The summed E-state index contributed by atoms with van der Waals surface area (Å²) in [5.41, 5.74) is 8.12. The molecule has 2 heterocycles. The molecule has 0 bridgehead atoms. The van der Waals surface area contributed by atoms with Crippen molar-refractivity contribution < 1.29 is 4.74 Å². The van der Waals surface area contributed by atoms with Gasteiger partial charge in [0, 0.05) is 24.3 Å². The van der Waals surface area contributed by atoms with Crippen molar-refractivity contribution in [1.29, 1.82) is 0 Å². The lowest BCUT2D eigenvalue weighted by Crippen LogP contribution is -2.21. The summed E-state index contributed by atoms with van der Waals surface area (Å²) in [4.78, 5) is 4.38. The molecule has 0 radical (unpaired) electrons. The summed E-state index contributed by atoms with van der Waals surface area (Å²) in [6, 6.07) is 2.27. The predicted octanol–water partition coefficient (Wildman–Crippen LogP) is 2.68. The second kappa shape index (κ2) is 6.52. The van der Waals surface area contributed by atoms with E-state index in [1.807, 2.05) is 30.9 Å². The minimum atomic E-state index is 0.186. The van der Waals surface area contributed by atoms with Crippen molar-refractivity contribution in [2.24, 2.45) is 5.73 Å². The first-order valence-electron chi connectivity index (χ1n) is 7.03. The molecule has 2 aromatic heterocycles. The van der Waals surface area contributed by atoms with Gasteiger partial charge in [0.25, 0.3) is 0 Å². The van der Waals surface area contributed by atoms with E-state index in [9.17, 15) is 0 Å². The lowest BCUT2D eigenvalue weighted by molar-refractivity contribution is 0.457. The minimum Gasteiger partial charge on any atom is -0.435 e. The number of nitrogens with two attached hydrogens (primary N) is 1. The molecule has 5 nitrogen and oxygen atoms in total. The van der Waals surface area contributed by atoms with Gasteiger partial charge in [-0.2, -0.15) is 5.10 Å².